The first kappa shape index (κ1) is 14.2. The number of carbonyl (C=O) groups is 2. The summed E-state index contributed by atoms with van der Waals surface area (Å²) < 4.78 is 0. The highest BCUT2D eigenvalue weighted by Crippen LogP contribution is 2.17. The van der Waals surface area contributed by atoms with Crippen LogP contribution in [0.4, 0.5) is 0 Å². The van der Waals surface area contributed by atoms with E-state index in [4.69, 9.17) is 16.4 Å². The van der Waals surface area contributed by atoms with Crippen LogP contribution in [0, 0.1) is 0 Å². The van der Waals surface area contributed by atoms with Crippen molar-refractivity contribution >= 4 is 29.1 Å². The van der Waals surface area contributed by atoms with Crippen LogP contribution in [0.25, 0.3) is 0 Å². The molecule has 1 aliphatic carbocycles. The molecule has 0 saturated carbocycles. The topological polar surface area (TPSA) is 55.7 Å². The largest absolute Gasteiger partial charge is 0.367 e. The average Bonchev–Trinajstić information content (AvgIpc) is 2.44. The van der Waals surface area contributed by atoms with E-state index in [1.54, 1.807) is 38.1 Å². The first-order valence-corrected chi connectivity index (χ1v) is 6.32. The molecule has 0 aromatic heterocycles. The van der Waals surface area contributed by atoms with Crippen molar-refractivity contribution in [3.05, 3.63) is 58.1 Å². The van der Waals surface area contributed by atoms with Gasteiger partial charge in [-0.05, 0) is 43.7 Å². The minimum Gasteiger partial charge on any atom is -0.312 e. The Labute approximate surface area is 121 Å². The normalized spacial score (nSPS) is 16.8. The van der Waals surface area contributed by atoms with E-state index < -0.39 is 5.97 Å². The Morgan fingerprint density at radius 3 is 2.55 bits per heavy atom. The maximum absolute atomic E-state index is 11.8. The van der Waals surface area contributed by atoms with Gasteiger partial charge in [-0.2, -0.15) is 0 Å². The number of halogens is 1. The van der Waals surface area contributed by atoms with Crippen LogP contribution < -0.4 is 0 Å². The van der Waals surface area contributed by atoms with Crippen LogP contribution in [-0.4, -0.2) is 17.5 Å². The molecular formula is C15H12ClNO3. The third-order valence-electron chi connectivity index (χ3n) is 3.03. The SMILES string of the molecule is CC1=C(C)/C(=N\OC(=O)c2ccccc2Cl)C=CC1=O. The van der Waals surface area contributed by atoms with Crippen molar-refractivity contribution in [3.8, 4) is 0 Å². The second-order valence-corrected chi connectivity index (χ2v) is 4.69. The molecule has 0 aliphatic heterocycles. The zero-order valence-electron chi connectivity index (χ0n) is 11.0. The number of benzene rings is 1. The fourth-order valence-electron chi connectivity index (χ4n) is 1.65. The van der Waals surface area contributed by atoms with Crippen molar-refractivity contribution in [2.24, 2.45) is 5.16 Å². The monoisotopic (exact) mass is 289 g/mol. The van der Waals surface area contributed by atoms with Crippen molar-refractivity contribution in [2.75, 3.05) is 0 Å². The summed E-state index contributed by atoms with van der Waals surface area (Å²) in [7, 11) is 0. The zero-order valence-corrected chi connectivity index (χ0v) is 11.8. The highest BCUT2D eigenvalue weighted by molar-refractivity contribution is 6.33. The minimum absolute atomic E-state index is 0.0705. The first-order chi connectivity index (χ1) is 9.50. The molecule has 2 rings (SSSR count). The second kappa shape index (κ2) is 5.84. The Balaban J connectivity index is 2.19. The van der Waals surface area contributed by atoms with Gasteiger partial charge < -0.3 is 4.84 Å². The van der Waals surface area contributed by atoms with Gasteiger partial charge in [0.05, 0.1) is 10.6 Å². The van der Waals surface area contributed by atoms with Gasteiger partial charge in [-0.25, -0.2) is 4.79 Å². The molecule has 0 atom stereocenters. The standard InChI is InChI=1S/C15H12ClNO3/c1-9-10(2)14(18)8-7-13(9)17-20-15(19)11-5-3-4-6-12(11)16/h3-8H,1-2H3/b17-13-. The molecule has 0 radical (unpaired) electrons. The number of ketones is 1. The highest BCUT2D eigenvalue weighted by Gasteiger charge is 2.16. The predicted octanol–water partition coefficient (Wildman–Crippen LogP) is 3.33. The summed E-state index contributed by atoms with van der Waals surface area (Å²) >= 11 is 5.89. The van der Waals surface area contributed by atoms with Crippen LogP contribution in [0.2, 0.25) is 5.02 Å². The smallest absolute Gasteiger partial charge is 0.312 e. The lowest BCUT2D eigenvalue weighted by Crippen LogP contribution is -2.12. The van der Waals surface area contributed by atoms with Crippen molar-refractivity contribution < 1.29 is 14.4 Å². The third-order valence-corrected chi connectivity index (χ3v) is 3.36. The Morgan fingerprint density at radius 1 is 1.15 bits per heavy atom. The zero-order chi connectivity index (χ0) is 14.7. The van der Waals surface area contributed by atoms with Gasteiger partial charge in [0.2, 0.25) is 0 Å². The number of allylic oxidation sites excluding steroid dienone is 4. The number of hydrogen-bond donors (Lipinski definition) is 0. The number of nitrogens with zero attached hydrogens (tertiary/aromatic N) is 1. The van der Waals surface area contributed by atoms with E-state index >= 15 is 0 Å². The Kier molecular flexibility index (Phi) is 4.15. The van der Waals surface area contributed by atoms with E-state index in [2.05, 4.69) is 5.16 Å². The number of rotatable bonds is 2. The molecule has 0 saturated heterocycles. The Morgan fingerprint density at radius 2 is 1.85 bits per heavy atom. The summed E-state index contributed by atoms with van der Waals surface area (Å²) in [5.41, 5.74) is 1.96. The summed E-state index contributed by atoms with van der Waals surface area (Å²) in [6.07, 6.45) is 2.91. The van der Waals surface area contributed by atoms with Gasteiger partial charge in [0.1, 0.15) is 5.71 Å². The van der Waals surface area contributed by atoms with Gasteiger partial charge in [-0.3, -0.25) is 4.79 Å². The fraction of sp³-hybridized carbons (Fsp3) is 0.133. The molecule has 0 unspecified atom stereocenters. The van der Waals surface area contributed by atoms with Gasteiger partial charge in [-0.15, -0.1) is 0 Å². The molecule has 0 bridgehead atoms. The van der Waals surface area contributed by atoms with Gasteiger partial charge in [0.15, 0.2) is 5.78 Å². The van der Waals surface area contributed by atoms with Crippen LogP contribution in [0.3, 0.4) is 0 Å². The van der Waals surface area contributed by atoms with Gasteiger partial charge in [-0.1, -0.05) is 28.9 Å². The van der Waals surface area contributed by atoms with Crippen molar-refractivity contribution in [1.29, 1.82) is 0 Å². The molecule has 5 heteroatoms. The minimum atomic E-state index is -0.640. The Hall–Kier alpha value is -2.20. The summed E-state index contributed by atoms with van der Waals surface area (Å²) in [4.78, 5) is 28.1. The van der Waals surface area contributed by atoms with Crippen LogP contribution in [0.15, 0.2) is 52.7 Å². The molecule has 20 heavy (non-hydrogen) atoms. The van der Waals surface area contributed by atoms with Crippen LogP contribution >= 0.6 is 11.6 Å². The maximum atomic E-state index is 11.8. The summed E-state index contributed by atoms with van der Waals surface area (Å²) in [5, 5.41) is 4.08. The van der Waals surface area contributed by atoms with Crippen molar-refractivity contribution in [1.82, 2.24) is 0 Å². The molecule has 0 heterocycles. The summed E-state index contributed by atoms with van der Waals surface area (Å²) in [6, 6.07) is 6.56. The van der Waals surface area contributed by atoms with E-state index in [1.165, 1.54) is 12.2 Å². The van der Waals surface area contributed by atoms with Crippen LogP contribution in [0.5, 0.6) is 0 Å². The second-order valence-electron chi connectivity index (χ2n) is 4.28. The predicted molar refractivity (Wildman–Crippen MR) is 76.8 cm³/mol. The van der Waals surface area contributed by atoms with Gasteiger partial charge in [0, 0.05) is 5.57 Å². The Bertz CT molecular complexity index is 671. The molecule has 0 N–H and O–H groups in total. The fourth-order valence-corrected chi connectivity index (χ4v) is 1.86. The van der Waals surface area contributed by atoms with Crippen LogP contribution in [-0.2, 0) is 9.63 Å². The molecule has 1 aliphatic rings. The van der Waals surface area contributed by atoms with E-state index in [-0.39, 0.29) is 11.3 Å². The molecule has 0 amide bonds. The lowest BCUT2D eigenvalue weighted by molar-refractivity contribution is -0.111. The van der Waals surface area contributed by atoms with E-state index in [0.717, 1.165) is 0 Å². The van der Waals surface area contributed by atoms with Crippen molar-refractivity contribution in [3.63, 3.8) is 0 Å². The number of oxime groups is 1. The van der Waals surface area contributed by atoms with E-state index in [1.807, 2.05) is 0 Å². The number of hydrogen-bond acceptors (Lipinski definition) is 4. The van der Waals surface area contributed by atoms with Gasteiger partial charge in [0.25, 0.3) is 0 Å². The van der Waals surface area contributed by atoms with Gasteiger partial charge >= 0.3 is 5.97 Å². The maximum Gasteiger partial charge on any atom is 0.367 e. The molecule has 1 aromatic carbocycles. The lowest BCUT2D eigenvalue weighted by atomic mass is 9.97. The molecule has 1 aromatic rings. The quantitative estimate of drug-likeness (QED) is 0.477. The summed E-state index contributed by atoms with van der Waals surface area (Å²) in [5.74, 6) is -0.710. The lowest BCUT2D eigenvalue weighted by Gasteiger charge is -2.09. The van der Waals surface area contributed by atoms with E-state index in [9.17, 15) is 9.59 Å². The molecule has 0 fully saturated rings. The van der Waals surface area contributed by atoms with Crippen molar-refractivity contribution in [2.45, 2.75) is 13.8 Å². The number of carbonyl (C=O) groups excluding carboxylic acids is 2. The summed E-state index contributed by atoms with van der Waals surface area (Å²) in [6.45, 7) is 3.45. The molecular weight excluding hydrogens is 278 g/mol. The van der Waals surface area contributed by atoms with Crippen LogP contribution in [0.1, 0.15) is 24.2 Å². The third kappa shape index (κ3) is 2.86. The molecule has 0 spiro atoms. The molecule has 102 valence electrons. The molecule has 4 nitrogen and oxygen atoms in total. The average molecular weight is 290 g/mol. The highest BCUT2D eigenvalue weighted by atomic mass is 35.5. The first-order valence-electron chi connectivity index (χ1n) is 5.95. The van der Waals surface area contributed by atoms with E-state index in [0.29, 0.717) is 21.9 Å².